The first kappa shape index (κ1) is 21.3. The highest BCUT2D eigenvalue weighted by atomic mass is 16.2. The Labute approximate surface area is 180 Å². The van der Waals surface area contributed by atoms with E-state index in [-0.39, 0.29) is 17.9 Å². The second-order valence-corrected chi connectivity index (χ2v) is 9.82. The Bertz CT molecular complexity index is 801. The topological polar surface area (TPSA) is 66.4 Å². The molecule has 0 radical (unpaired) electrons. The number of aromatic nitrogens is 2. The predicted octanol–water partition coefficient (Wildman–Crippen LogP) is 4.35. The number of piperidine rings is 1. The van der Waals surface area contributed by atoms with Crippen LogP contribution in [0.1, 0.15) is 94.8 Å². The zero-order chi connectivity index (χ0) is 21.3. The summed E-state index contributed by atoms with van der Waals surface area (Å²) >= 11 is 0. The number of hydrogen-bond donors (Lipinski definition) is 0. The van der Waals surface area contributed by atoms with Crippen molar-refractivity contribution in [2.45, 2.75) is 91.0 Å². The first-order chi connectivity index (χ1) is 14.4. The van der Waals surface area contributed by atoms with E-state index in [0.717, 1.165) is 48.7 Å². The van der Waals surface area contributed by atoms with E-state index in [2.05, 4.69) is 13.8 Å². The molecule has 2 fully saturated rings. The molecule has 1 saturated heterocycles. The summed E-state index contributed by atoms with van der Waals surface area (Å²) in [6.45, 7) is 7.75. The normalized spacial score (nSPS) is 22.7. The molecule has 0 bridgehead atoms. The first-order valence-electron chi connectivity index (χ1n) is 11.9. The Morgan fingerprint density at radius 2 is 1.80 bits per heavy atom. The SMILES string of the molecule is Cc1nc([C@H]2CCCCN2C(=O)CC2CCCC2)nc2c1CCC(=O)N2CC(C)C. The number of nitrogens with zero attached hydrogens (tertiary/aromatic N) is 4. The summed E-state index contributed by atoms with van der Waals surface area (Å²) in [5, 5.41) is 0. The molecule has 0 aromatic carbocycles. The van der Waals surface area contributed by atoms with Crippen LogP contribution in [0, 0.1) is 18.8 Å². The minimum absolute atomic E-state index is 0.0606. The van der Waals surface area contributed by atoms with Crippen molar-refractivity contribution in [2.75, 3.05) is 18.0 Å². The quantitative estimate of drug-likeness (QED) is 0.721. The van der Waals surface area contributed by atoms with Crippen molar-refractivity contribution in [1.82, 2.24) is 14.9 Å². The highest BCUT2D eigenvalue weighted by molar-refractivity contribution is 5.95. The van der Waals surface area contributed by atoms with Crippen molar-refractivity contribution < 1.29 is 9.59 Å². The second-order valence-electron chi connectivity index (χ2n) is 9.82. The molecule has 1 aromatic heterocycles. The van der Waals surface area contributed by atoms with E-state index in [1.54, 1.807) is 0 Å². The van der Waals surface area contributed by atoms with Crippen molar-refractivity contribution in [3.63, 3.8) is 0 Å². The van der Waals surface area contributed by atoms with Gasteiger partial charge in [-0.15, -0.1) is 0 Å². The Hall–Kier alpha value is -1.98. The van der Waals surface area contributed by atoms with E-state index in [0.29, 0.717) is 37.6 Å². The van der Waals surface area contributed by atoms with Crippen LogP contribution in [0.2, 0.25) is 0 Å². The minimum Gasteiger partial charge on any atom is -0.332 e. The van der Waals surface area contributed by atoms with Crippen LogP contribution in [0.25, 0.3) is 0 Å². The summed E-state index contributed by atoms with van der Waals surface area (Å²) in [5.41, 5.74) is 2.06. The largest absolute Gasteiger partial charge is 0.332 e. The van der Waals surface area contributed by atoms with Crippen LogP contribution >= 0.6 is 0 Å². The van der Waals surface area contributed by atoms with Gasteiger partial charge < -0.3 is 4.90 Å². The summed E-state index contributed by atoms with van der Waals surface area (Å²) in [6.07, 6.45) is 9.84. The molecule has 1 aliphatic carbocycles. The fourth-order valence-electron chi connectivity index (χ4n) is 5.38. The number of rotatable bonds is 5. The van der Waals surface area contributed by atoms with Crippen molar-refractivity contribution in [3.05, 3.63) is 17.1 Å². The maximum atomic E-state index is 13.2. The Balaban J connectivity index is 1.63. The highest BCUT2D eigenvalue weighted by Crippen LogP contribution is 2.36. The van der Waals surface area contributed by atoms with Gasteiger partial charge in [0.25, 0.3) is 0 Å². The van der Waals surface area contributed by atoms with Gasteiger partial charge in [-0.3, -0.25) is 14.5 Å². The smallest absolute Gasteiger partial charge is 0.228 e. The van der Waals surface area contributed by atoms with Crippen LogP contribution in [0.4, 0.5) is 5.82 Å². The highest BCUT2D eigenvalue weighted by Gasteiger charge is 2.34. The third kappa shape index (κ3) is 4.37. The lowest BCUT2D eigenvalue weighted by Crippen LogP contribution is -2.42. The van der Waals surface area contributed by atoms with Crippen LogP contribution in [-0.4, -0.2) is 39.8 Å². The van der Waals surface area contributed by atoms with Gasteiger partial charge in [-0.1, -0.05) is 26.7 Å². The Morgan fingerprint density at radius 3 is 2.53 bits per heavy atom. The van der Waals surface area contributed by atoms with Gasteiger partial charge in [0, 0.05) is 37.2 Å². The summed E-state index contributed by atoms with van der Waals surface area (Å²) < 4.78 is 0. The van der Waals surface area contributed by atoms with Gasteiger partial charge in [0.15, 0.2) is 5.82 Å². The number of fused-ring (bicyclic) bond motifs is 1. The molecule has 0 spiro atoms. The van der Waals surface area contributed by atoms with E-state index in [1.807, 2.05) is 16.7 Å². The molecule has 4 rings (SSSR count). The molecule has 1 aromatic rings. The van der Waals surface area contributed by atoms with Crippen molar-refractivity contribution in [2.24, 2.45) is 11.8 Å². The molecule has 0 N–H and O–H groups in total. The summed E-state index contributed by atoms with van der Waals surface area (Å²) in [6, 6.07) is -0.0606. The lowest BCUT2D eigenvalue weighted by molar-refractivity contribution is -0.136. The maximum Gasteiger partial charge on any atom is 0.228 e. The lowest BCUT2D eigenvalue weighted by Gasteiger charge is -2.37. The average Bonchev–Trinajstić information content (AvgIpc) is 3.23. The van der Waals surface area contributed by atoms with Gasteiger partial charge in [-0.2, -0.15) is 0 Å². The summed E-state index contributed by atoms with van der Waals surface area (Å²) in [7, 11) is 0. The van der Waals surface area contributed by atoms with Gasteiger partial charge >= 0.3 is 0 Å². The van der Waals surface area contributed by atoms with Crippen molar-refractivity contribution in [1.29, 1.82) is 0 Å². The molecular formula is C24H36N4O2. The Kier molecular flexibility index (Phi) is 6.40. The summed E-state index contributed by atoms with van der Waals surface area (Å²) in [4.78, 5) is 39.6. The number of likely N-dealkylation sites (tertiary alicyclic amines) is 1. The Morgan fingerprint density at radius 1 is 1.07 bits per heavy atom. The number of aryl methyl sites for hydroxylation is 1. The maximum absolute atomic E-state index is 13.2. The van der Waals surface area contributed by atoms with Gasteiger partial charge in [0.2, 0.25) is 11.8 Å². The number of anilines is 1. The van der Waals surface area contributed by atoms with Crippen LogP contribution in [-0.2, 0) is 16.0 Å². The predicted molar refractivity (Wildman–Crippen MR) is 117 cm³/mol. The van der Waals surface area contributed by atoms with Crippen LogP contribution in [0.15, 0.2) is 0 Å². The van der Waals surface area contributed by atoms with E-state index in [4.69, 9.17) is 9.97 Å². The fourth-order valence-corrected chi connectivity index (χ4v) is 5.38. The fraction of sp³-hybridized carbons (Fsp3) is 0.750. The molecule has 3 aliphatic rings. The molecular weight excluding hydrogens is 376 g/mol. The number of carbonyl (C=O) groups excluding carboxylic acids is 2. The second kappa shape index (κ2) is 9.03. The molecule has 2 aliphatic heterocycles. The molecule has 2 amide bonds. The molecule has 3 heterocycles. The van der Waals surface area contributed by atoms with E-state index >= 15 is 0 Å². The monoisotopic (exact) mass is 412 g/mol. The van der Waals surface area contributed by atoms with E-state index < -0.39 is 0 Å². The van der Waals surface area contributed by atoms with Gasteiger partial charge in [0.1, 0.15) is 5.82 Å². The van der Waals surface area contributed by atoms with Gasteiger partial charge in [-0.05, 0) is 57.3 Å². The molecule has 0 unspecified atom stereocenters. The van der Waals surface area contributed by atoms with Crippen LogP contribution in [0.3, 0.4) is 0 Å². The van der Waals surface area contributed by atoms with E-state index in [1.165, 1.54) is 25.7 Å². The lowest BCUT2D eigenvalue weighted by atomic mass is 9.97. The van der Waals surface area contributed by atoms with E-state index in [9.17, 15) is 9.59 Å². The van der Waals surface area contributed by atoms with Crippen LogP contribution < -0.4 is 4.90 Å². The number of amides is 2. The molecule has 6 nitrogen and oxygen atoms in total. The zero-order valence-electron chi connectivity index (χ0n) is 18.8. The van der Waals surface area contributed by atoms with Crippen LogP contribution in [0.5, 0.6) is 0 Å². The van der Waals surface area contributed by atoms with Gasteiger partial charge in [0.05, 0.1) is 6.04 Å². The zero-order valence-corrected chi connectivity index (χ0v) is 18.8. The molecule has 6 heteroatoms. The minimum atomic E-state index is -0.0606. The van der Waals surface area contributed by atoms with Crippen molar-refractivity contribution >= 4 is 17.6 Å². The third-order valence-corrected chi connectivity index (χ3v) is 6.96. The number of hydrogen-bond acceptors (Lipinski definition) is 4. The van der Waals surface area contributed by atoms with Crippen molar-refractivity contribution in [3.8, 4) is 0 Å². The average molecular weight is 413 g/mol. The standard InChI is InChI=1S/C24H36N4O2/c1-16(2)15-28-21(29)12-11-19-17(3)25-23(26-24(19)28)20-10-6-7-13-27(20)22(30)14-18-8-4-5-9-18/h16,18,20H,4-15H2,1-3H3/t20-/m1/s1. The molecule has 164 valence electrons. The third-order valence-electron chi connectivity index (χ3n) is 6.96. The molecule has 1 atom stereocenters. The summed E-state index contributed by atoms with van der Waals surface area (Å²) in [5.74, 6) is 2.85. The number of carbonyl (C=O) groups is 2. The molecule has 30 heavy (non-hydrogen) atoms. The molecule has 1 saturated carbocycles. The van der Waals surface area contributed by atoms with Gasteiger partial charge in [-0.25, -0.2) is 9.97 Å². The first-order valence-corrected chi connectivity index (χ1v) is 11.9.